The van der Waals surface area contributed by atoms with E-state index in [0.29, 0.717) is 23.4 Å². The third kappa shape index (κ3) is 5.26. The minimum absolute atomic E-state index is 0.123. The normalized spacial score (nSPS) is 18.2. The van der Waals surface area contributed by atoms with Crippen molar-refractivity contribution in [2.75, 3.05) is 18.6 Å². The van der Waals surface area contributed by atoms with Gasteiger partial charge < -0.3 is 31.2 Å². The smallest absolute Gasteiger partial charge is 0.352 e. The molecule has 2 amide bonds. The molecular weight excluding hydrogens is 608 g/mol. The summed E-state index contributed by atoms with van der Waals surface area (Å²) in [5.74, 6) is -2.57. The van der Waals surface area contributed by atoms with Gasteiger partial charge in [-0.15, -0.1) is 23.1 Å². The van der Waals surface area contributed by atoms with Crippen LogP contribution in [0.3, 0.4) is 0 Å². The average Bonchev–Trinajstić information content (AvgIpc) is 3.44. The first-order chi connectivity index (χ1) is 21.1. The number of phenolic OH excluding ortho intramolecular Hbond substituents is 2. The molecule has 2 aromatic heterocycles. The monoisotopic (exact) mass is 633 g/mol. The van der Waals surface area contributed by atoms with Crippen LogP contribution >= 0.6 is 23.1 Å². The zero-order chi connectivity index (χ0) is 31.1. The summed E-state index contributed by atoms with van der Waals surface area (Å²) in [6, 6.07) is 11.3. The Bertz CT molecular complexity index is 1890. The molecule has 0 bridgehead atoms. The molecule has 0 spiro atoms. The number of benzene rings is 2. The molecule has 224 valence electrons. The second-order valence-corrected chi connectivity index (χ2v) is 12.0. The van der Waals surface area contributed by atoms with Crippen LogP contribution in [-0.2, 0) is 25.8 Å². The number of nitrogens with one attached hydrogen (secondary N) is 1. The van der Waals surface area contributed by atoms with E-state index in [1.807, 2.05) is 47.3 Å². The standard InChI is InChI=1S/C29H24N6O7S2/c1-42-33-22(19-13-44-29(30)31-19)25(38)32-23-26(39)35-24(28(40)41)18(12-43-27(23)35)15-4-2-14(3-5-15)10-34-7-6-16-8-20(36)21(37)9-17(16)11-34/h2-9,11,13,23,27H,10,12H2,1H3,(H5,30,31,32,37,38,40,41)/p+1/b33-22-/t23-,27-/m1/s1. The lowest BCUT2D eigenvalue weighted by Crippen LogP contribution is -2.71. The molecule has 4 aromatic rings. The van der Waals surface area contributed by atoms with Crippen molar-refractivity contribution in [1.82, 2.24) is 15.2 Å². The maximum atomic E-state index is 13.2. The number of oxime groups is 1. The van der Waals surface area contributed by atoms with E-state index in [-0.39, 0.29) is 33.7 Å². The Hall–Kier alpha value is -5.15. The van der Waals surface area contributed by atoms with Crippen LogP contribution in [0.4, 0.5) is 5.13 Å². The quantitative estimate of drug-likeness (QED) is 0.0629. The Labute approximate surface area is 257 Å². The summed E-state index contributed by atoms with van der Waals surface area (Å²) in [5, 5.41) is 38.8. The largest absolute Gasteiger partial charge is 0.504 e. The zero-order valence-electron chi connectivity index (χ0n) is 23.0. The number of fused-ring (bicyclic) bond motifs is 2. The fourth-order valence-corrected chi connectivity index (χ4v) is 7.05. The number of β-lactam (4-membered cyclic amide) rings is 1. The predicted molar refractivity (Wildman–Crippen MR) is 163 cm³/mol. The topological polar surface area (TPSA) is 192 Å². The van der Waals surface area contributed by atoms with E-state index < -0.39 is 29.2 Å². The van der Waals surface area contributed by atoms with Crippen LogP contribution in [0.25, 0.3) is 16.3 Å². The van der Waals surface area contributed by atoms with Crippen LogP contribution in [-0.4, -0.2) is 73.0 Å². The first-order valence-corrected chi connectivity index (χ1v) is 15.1. The van der Waals surface area contributed by atoms with Crippen LogP contribution < -0.4 is 15.6 Å². The number of carboxylic acid groups (broad SMARTS) is 1. The number of hydrogen-bond acceptors (Lipinski definition) is 11. The molecule has 1 fully saturated rings. The number of hydrogen-bond donors (Lipinski definition) is 5. The first kappa shape index (κ1) is 28.9. The molecule has 0 radical (unpaired) electrons. The summed E-state index contributed by atoms with van der Waals surface area (Å²) < 4.78 is 1.93. The summed E-state index contributed by atoms with van der Waals surface area (Å²) in [6.45, 7) is 0.507. The summed E-state index contributed by atoms with van der Waals surface area (Å²) in [7, 11) is 1.27. The fraction of sp³-hybridized carbons (Fsp3) is 0.172. The molecule has 0 unspecified atom stereocenters. The molecule has 15 heteroatoms. The van der Waals surface area contributed by atoms with Gasteiger partial charge in [0.05, 0.1) is 0 Å². The summed E-state index contributed by atoms with van der Waals surface area (Å²) >= 11 is 2.47. The minimum Gasteiger partial charge on any atom is -0.504 e. The number of carboxylic acids is 1. The number of rotatable bonds is 8. The van der Waals surface area contributed by atoms with Crippen LogP contribution in [0.15, 0.2) is 71.1 Å². The highest BCUT2D eigenvalue weighted by molar-refractivity contribution is 8.00. The van der Waals surface area contributed by atoms with Gasteiger partial charge in [0.2, 0.25) is 0 Å². The number of carbonyl (C=O) groups is 3. The molecule has 2 aliphatic heterocycles. The van der Waals surface area contributed by atoms with E-state index in [1.165, 1.54) is 35.9 Å². The number of aromatic nitrogens is 2. The molecule has 4 heterocycles. The minimum atomic E-state index is -1.24. The van der Waals surface area contributed by atoms with Crippen LogP contribution in [0.1, 0.15) is 16.8 Å². The van der Waals surface area contributed by atoms with Gasteiger partial charge in [-0.25, -0.2) is 14.3 Å². The number of carbonyl (C=O) groups excluding carboxylic acids is 2. The van der Waals surface area contributed by atoms with E-state index in [0.717, 1.165) is 27.7 Å². The van der Waals surface area contributed by atoms with Gasteiger partial charge in [-0.2, -0.15) is 0 Å². The van der Waals surface area contributed by atoms with Gasteiger partial charge in [-0.3, -0.25) is 14.5 Å². The highest BCUT2D eigenvalue weighted by atomic mass is 32.2. The van der Waals surface area contributed by atoms with Crippen molar-refractivity contribution in [3.8, 4) is 11.5 Å². The van der Waals surface area contributed by atoms with Gasteiger partial charge in [0.25, 0.3) is 11.8 Å². The number of anilines is 1. The molecule has 6 rings (SSSR count). The molecule has 13 nitrogen and oxygen atoms in total. The van der Waals surface area contributed by atoms with Crippen LogP contribution in [0.2, 0.25) is 0 Å². The number of aromatic hydroxyl groups is 2. The van der Waals surface area contributed by atoms with Crippen molar-refractivity contribution in [2.45, 2.75) is 18.0 Å². The van der Waals surface area contributed by atoms with Gasteiger partial charge in [0.1, 0.15) is 29.9 Å². The molecule has 44 heavy (non-hydrogen) atoms. The SMILES string of the molecule is CO/N=C(\C(=O)N[C@@H]1C(=O)N2C(C(=O)O)=C(c3ccc(C[n+]4ccc5cc(O)c(O)cc5c4)cc3)CS[C@H]12)c1csc(N)n1. The second kappa shape index (κ2) is 11.5. The lowest BCUT2D eigenvalue weighted by molar-refractivity contribution is -0.687. The van der Waals surface area contributed by atoms with Gasteiger partial charge in [0.15, 0.2) is 41.3 Å². The number of nitrogens with two attached hydrogens (primary N) is 1. The molecule has 2 aliphatic rings. The maximum Gasteiger partial charge on any atom is 0.352 e. The van der Waals surface area contributed by atoms with Gasteiger partial charge in [-0.1, -0.05) is 29.4 Å². The van der Waals surface area contributed by atoms with E-state index >= 15 is 0 Å². The Morgan fingerprint density at radius 1 is 1.18 bits per heavy atom. The van der Waals surface area contributed by atoms with Gasteiger partial charge in [0, 0.05) is 33.7 Å². The molecule has 2 atom stereocenters. The highest BCUT2D eigenvalue weighted by Gasteiger charge is 2.54. The Morgan fingerprint density at radius 2 is 1.91 bits per heavy atom. The van der Waals surface area contributed by atoms with Gasteiger partial charge >= 0.3 is 5.97 Å². The van der Waals surface area contributed by atoms with Crippen molar-refractivity contribution in [3.63, 3.8) is 0 Å². The number of thioether (sulfide) groups is 1. The van der Waals surface area contributed by atoms with Gasteiger partial charge in [-0.05, 0) is 23.1 Å². The molecule has 0 aliphatic carbocycles. The maximum absolute atomic E-state index is 13.2. The predicted octanol–water partition coefficient (Wildman–Crippen LogP) is 1.87. The molecule has 6 N–H and O–H groups in total. The summed E-state index contributed by atoms with van der Waals surface area (Å²) in [5.41, 5.74) is 7.70. The lowest BCUT2D eigenvalue weighted by atomic mass is 9.98. The third-order valence-corrected chi connectivity index (χ3v) is 9.17. The van der Waals surface area contributed by atoms with Crippen LogP contribution in [0.5, 0.6) is 11.5 Å². The van der Waals surface area contributed by atoms with Crippen molar-refractivity contribution in [2.24, 2.45) is 5.16 Å². The number of amides is 2. The van der Waals surface area contributed by atoms with Crippen molar-refractivity contribution in [1.29, 1.82) is 0 Å². The highest BCUT2D eigenvalue weighted by Crippen LogP contribution is 2.43. The fourth-order valence-electron chi connectivity index (χ4n) is 5.13. The molecule has 2 aromatic carbocycles. The molecule has 1 saturated heterocycles. The Kier molecular flexibility index (Phi) is 7.57. The Balaban J connectivity index is 1.19. The zero-order valence-corrected chi connectivity index (χ0v) is 24.6. The number of nitrogen functional groups attached to an aromatic ring is 1. The van der Waals surface area contributed by atoms with Crippen molar-refractivity contribution >= 4 is 68.1 Å². The number of pyridine rings is 1. The first-order valence-electron chi connectivity index (χ1n) is 13.1. The van der Waals surface area contributed by atoms with E-state index in [9.17, 15) is 29.7 Å². The third-order valence-electron chi connectivity index (χ3n) is 7.22. The lowest BCUT2D eigenvalue weighted by Gasteiger charge is -2.49. The molecule has 0 saturated carbocycles. The number of thiazole rings is 1. The Morgan fingerprint density at radius 3 is 2.57 bits per heavy atom. The van der Waals surface area contributed by atoms with E-state index in [4.69, 9.17) is 10.6 Å². The van der Waals surface area contributed by atoms with Crippen molar-refractivity contribution < 1.29 is 39.1 Å². The number of aliphatic carboxylic acids is 1. The summed E-state index contributed by atoms with van der Waals surface area (Å²) in [4.78, 5) is 48.6. The number of phenols is 2. The van der Waals surface area contributed by atoms with E-state index in [1.54, 1.807) is 5.38 Å². The number of nitrogens with zero attached hydrogens (tertiary/aromatic N) is 4. The summed E-state index contributed by atoms with van der Waals surface area (Å²) in [6.07, 6.45) is 3.71. The van der Waals surface area contributed by atoms with Crippen molar-refractivity contribution in [3.05, 3.63) is 82.8 Å². The second-order valence-electron chi connectivity index (χ2n) is 9.97. The average molecular weight is 634 g/mol. The molecular formula is C29H25N6O7S2+. The van der Waals surface area contributed by atoms with Crippen LogP contribution in [0, 0.1) is 0 Å². The van der Waals surface area contributed by atoms with E-state index in [2.05, 4.69) is 15.5 Å².